The van der Waals surface area contributed by atoms with E-state index in [0.29, 0.717) is 10.8 Å². The second kappa shape index (κ2) is 3.02. The van der Waals surface area contributed by atoms with E-state index in [0.717, 1.165) is 5.52 Å². The molecule has 13 heavy (non-hydrogen) atoms. The van der Waals surface area contributed by atoms with E-state index in [-0.39, 0.29) is 0 Å². The number of nitrogens with zero attached hydrogens (tertiary/aromatic N) is 4. The van der Waals surface area contributed by atoms with Crippen molar-refractivity contribution < 1.29 is 5.21 Å². The first-order valence-electron chi connectivity index (χ1n) is 3.48. The lowest BCUT2D eigenvalue weighted by molar-refractivity contribution is 0.321. The molecule has 0 unspecified atom stereocenters. The number of hydrogen-bond donors (Lipinski definition) is 1. The Morgan fingerprint density at radius 2 is 2.46 bits per heavy atom. The lowest BCUT2D eigenvalue weighted by Crippen LogP contribution is -1.96. The molecule has 0 aliphatic rings. The fourth-order valence-electron chi connectivity index (χ4n) is 1.07. The van der Waals surface area contributed by atoms with Crippen molar-refractivity contribution in [1.82, 2.24) is 14.6 Å². The molecular formula is C7H5ClN4O. The second-order valence-electron chi connectivity index (χ2n) is 2.35. The van der Waals surface area contributed by atoms with Gasteiger partial charge in [-0.1, -0.05) is 16.8 Å². The van der Waals surface area contributed by atoms with Gasteiger partial charge in [-0.15, -0.1) is 0 Å². The van der Waals surface area contributed by atoms with Crippen molar-refractivity contribution in [1.29, 1.82) is 0 Å². The van der Waals surface area contributed by atoms with Crippen molar-refractivity contribution >= 4 is 23.3 Å². The van der Waals surface area contributed by atoms with Gasteiger partial charge in [0.15, 0.2) is 0 Å². The van der Waals surface area contributed by atoms with Crippen molar-refractivity contribution in [3.63, 3.8) is 0 Å². The summed E-state index contributed by atoms with van der Waals surface area (Å²) in [5.74, 6) is 0. The molecule has 0 amide bonds. The molecule has 66 valence electrons. The zero-order chi connectivity index (χ0) is 9.26. The molecule has 0 aromatic carbocycles. The smallest absolute Gasteiger partial charge is 0.148 e. The Morgan fingerprint density at radius 3 is 3.23 bits per heavy atom. The molecule has 0 bridgehead atoms. The monoisotopic (exact) mass is 196 g/mol. The molecule has 0 aliphatic heterocycles. The van der Waals surface area contributed by atoms with Gasteiger partial charge < -0.3 is 5.21 Å². The highest BCUT2D eigenvalue weighted by molar-refractivity contribution is 6.29. The van der Waals surface area contributed by atoms with E-state index in [1.54, 1.807) is 23.0 Å². The fourth-order valence-corrected chi connectivity index (χ4v) is 1.26. The van der Waals surface area contributed by atoms with Crippen LogP contribution in [0.15, 0.2) is 23.6 Å². The van der Waals surface area contributed by atoms with Gasteiger partial charge >= 0.3 is 0 Å². The SMILES string of the molecule is O/N=C/c1nc(Cl)cn2nccc12. The highest BCUT2D eigenvalue weighted by Gasteiger charge is 2.03. The fraction of sp³-hybridized carbons (Fsp3) is 0. The molecule has 0 fully saturated rings. The highest BCUT2D eigenvalue weighted by atomic mass is 35.5. The van der Waals surface area contributed by atoms with Crippen molar-refractivity contribution in [2.75, 3.05) is 0 Å². The minimum Gasteiger partial charge on any atom is -0.411 e. The number of oxime groups is 1. The predicted octanol–water partition coefficient (Wildman–Crippen LogP) is 1.19. The summed E-state index contributed by atoms with van der Waals surface area (Å²) >= 11 is 5.70. The summed E-state index contributed by atoms with van der Waals surface area (Å²) in [6.07, 6.45) is 4.40. The minimum atomic E-state index is 0.297. The first-order valence-corrected chi connectivity index (χ1v) is 3.86. The van der Waals surface area contributed by atoms with E-state index >= 15 is 0 Å². The van der Waals surface area contributed by atoms with Crippen LogP contribution in [-0.4, -0.2) is 26.0 Å². The number of hydrogen-bond acceptors (Lipinski definition) is 4. The molecule has 1 N–H and O–H groups in total. The first-order chi connectivity index (χ1) is 6.31. The Labute approximate surface area is 78.3 Å². The molecule has 2 heterocycles. The number of halogens is 1. The van der Waals surface area contributed by atoms with Crippen LogP contribution < -0.4 is 0 Å². The number of aromatic nitrogens is 3. The van der Waals surface area contributed by atoms with Crippen LogP contribution >= 0.6 is 11.6 Å². The van der Waals surface area contributed by atoms with Crippen LogP contribution in [0.3, 0.4) is 0 Å². The van der Waals surface area contributed by atoms with E-state index in [4.69, 9.17) is 16.8 Å². The zero-order valence-corrected chi connectivity index (χ0v) is 7.18. The molecule has 6 heteroatoms. The van der Waals surface area contributed by atoms with E-state index in [1.807, 2.05) is 0 Å². The van der Waals surface area contributed by atoms with Crippen LogP contribution in [0.2, 0.25) is 5.15 Å². The Morgan fingerprint density at radius 1 is 1.62 bits per heavy atom. The van der Waals surface area contributed by atoms with Gasteiger partial charge in [-0.2, -0.15) is 5.10 Å². The van der Waals surface area contributed by atoms with Crippen LogP contribution in [0.5, 0.6) is 0 Å². The molecule has 0 aliphatic carbocycles. The van der Waals surface area contributed by atoms with Crippen LogP contribution in [0, 0.1) is 0 Å². The standard InChI is InChI=1S/C7H5ClN4O/c8-7-4-12-6(1-2-9-12)5(11-7)3-10-13/h1-4,13H/b10-3+. The lowest BCUT2D eigenvalue weighted by Gasteiger charge is -1.97. The average Bonchev–Trinajstić information content (AvgIpc) is 2.52. The van der Waals surface area contributed by atoms with Crippen molar-refractivity contribution in [3.8, 4) is 0 Å². The van der Waals surface area contributed by atoms with Gasteiger partial charge in [0, 0.05) is 0 Å². The summed E-state index contributed by atoms with van der Waals surface area (Å²) in [5.41, 5.74) is 1.22. The number of fused-ring (bicyclic) bond motifs is 1. The van der Waals surface area contributed by atoms with Gasteiger partial charge in [-0.25, -0.2) is 9.50 Å². The third kappa shape index (κ3) is 1.33. The summed E-state index contributed by atoms with van der Waals surface area (Å²) in [7, 11) is 0. The molecule has 0 saturated heterocycles. The molecule has 5 nitrogen and oxygen atoms in total. The largest absolute Gasteiger partial charge is 0.411 e. The molecule has 2 aromatic heterocycles. The molecule has 0 atom stereocenters. The molecule has 2 rings (SSSR count). The molecular weight excluding hydrogens is 192 g/mol. The predicted molar refractivity (Wildman–Crippen MR) is 47.4 cm³/mol. The lowest BCUT2D eigenvalue weighted by atomic mass is 10.4. The van der Waals surface area contributed by atoms with Crippen LogP contribution in [0.1, 0.15) is 5.69 Å². The van der Waals surface area contributed by atoms with Crippen LogP contribution in [-0.2, 0) is 0 Å². The van der Waals surface area contributed by atoms with Gasteiger partial charge in [0.25, 0.3) is 0 Å². The quantitative estimate of drug-likeness (QED) is 0.423. The molecule has 0 radical (unpaired) electrons. The van der Waals surface area contributed by atoms with E-state index in [2.05, 4.69) is 15.2 Å². The molecule has 0 saturated carbocycles. The van der Waals surface area contributed by atoms with Crippen molar-refractivity contribution in [3.05, 3.63) is 29.3 Å². The number of rotatable bonds is 1. The molecule has 0 spiro atoms. The third-order valence-electron chi connectivity index (χ3n) is 1.57. The summed E-state index contributed by atoms with van der Waals surface area (Å²) in [6, 6.07) is 1.75. The maximum absolute atomic E-state index is 8.36. The summed E-state index contributed by atoms with van der Waals surface area (Å²) in [4.78, 5) is 3.96. The summed E-state index contributed by atoms with van der Waals surface area (Å²) < 4.78 is 1.56. The topological polar surface area (TPSA) is 62.8 Å². The maximum Gasteiger partial charge on any atom is 0.148 e. The Hall–Kier alpha value is -1.62. The third-order valence-corrected chi connectivity index (χ3v) is 1.75. The van der Waals surface area contributed by atoms with Gasteiger partial charge in [-0.3, -0.25) is 0 Å². The first kappa shape index (κ1) is 8.00. The van der Waals surface area contributed by atoms with Crippen LogP contribution in [0.25, 0.3) is 5.52 Å². The maximum atomic E-state index is 8.36. The summed E-state index contributed by atoms with van der Waals surface area (Å²) in [6.45, 7) is 0. The summed E-state index contributed by atoms with van der Waals surface area (Å²) in [5, 5.41) is 15.5. The van der Waals surface area contributed by atoms with E-state index in [1.165, 1.54) is 6.21 Å². The van der Waals surface area contributed by atoms with Crippen molar-refractivity contribution in [2.24, 2.45) is 5.16 Å². The average molecular weight is 197 g/mol. The van der Waals surface area contributed by atoms with E-state index in [9.17, 15) is 0 Å². The van der Waals surface area contributed by atoms with Gasteiger partial charge in [-0.05, 0) is 6.07 Å². The zero-order valence-electron chi connectivity index (χ0n) is 6.42. The normalized spacial score (nSPS) is 11.5. The van der Waals surface area contributed by atoms with Crippen molar-refractivity contribution in [2.45, 2.75) is 0 Å². The minimum absolute atomic E-state index is 0.297. The Bertz CT molecular complexity index is 464. The Balaban J connectivity index is 2.77. The second-order valence-corrected chi connectivity index (χ2v) is 2.74. The van der Waals surface area contributed by atoms with E-state index < -0.39 is 0 Å². The Kier molecular flexibility index (Phi) is 1.86. The van der Waals surface area contributed by atoms with Gasteiger partial charge in [0.2, 0.25) is 0 Å². The molecule has 2 aromatic rings. The van der Waals surface area contributed by atoms with Gasteiger partial charge in [0.1, 0.15) is 10.8 Å². The highest BCUT2D eigenvalue weighted by Crippen LogP contribution is 2.10. The van der Waals surface area contributed by atoms with Gasteiger partial charge in [0.05, 0.1) is 24.1 Å². The van der Waals surface area contributed by atoms with Crippen LogP contribution in [0.4, 0.5) is 0 Å².